The molecule has 1 aliphatic heterocycles. The maximum absolute atomic E-state index is 5.77. The van der Waals surface area contributed by atoms with E-state index in [1.165, 1.54) is 50.9 Å². The number of benzene rings is 1. The van der Waals surface area contributed by atoms with Gasteiger partial charge in [0.2, 0.25) is 0 Å². The van der Waals surface area contributed by atoms with Gasteiger partial charge in [0.05, 0.1) is 6.61 Å². The van der Waals surface area contributed by atoms with Crippen molar-refractivity contribution in [2.24, 2.45) is 11.3 Å². The van der Waals surface area contributed by atoms with Crippen molar-refractivity contribution in [3.8, 4) is 0 Å². The minimum absolute atomic E-state index is 0.485. The first-order valence-electron chi connectivity index (χ1n) is 9.40. The van der Waals surface area contributed by atoms with Gasteiger partial charge in [0.15, 0.2) is 0 Å². The van der Waals surface area contributed by atoms with E-state index in [4.69, 9.17) is 4.74 Å². The molecule has 1 heterocycles. The Kier molecular flexibility index (Phi) is 7.58. The predicted molar refractivity (Wildman–Crippen MR) is 98.8 cm³/mol. The summed E-state index contributed by atoms with van der Waals surface area (Å²) in [4.78, 5) is 2.65. The van der Waals surface area contributed by atoms with Gasteiger partial charge < -0.3 is 9.64 Å². The summed E-state index contributed by atoms with van der Waals surface area (Å²) in [6.45, 7) is 12.7. The van der Waals surface area contributed by atoms with Crippen LogP contribution in [0, 0.1) is 11.3 Å². The van der Waals surface area contributed by atoms with Gasteiger partial charge in [-0.15, -0.1) is 0 Å². The van der Waals surface area contributed by atoms with Gasteiger partial charge >= 0.3 is 0 Å². The molecular formula is C21H35NO. The lowest BCUT2D eigenvalue weighted by Gasteiger charge is -2.38. The first-order valence-corrected chi connectivity index (χ1v) is 9.40. The van der Waals surface area contributed by atoms with Crippen LogP contribution in [0.1, 0.15) is 52.0 Å². The van der Waals surface area contributed by atoms with E-state index in [0.717, 1.165) is 25.6 Å². The zero-order valence-corrected chi connectivity index (χ0v) is 15.4. The van der Waals surface area contributed by atoms with E-state index in [9.17, 15) is 0 Å². The molecule has 0 bridgehead atoms. The van der Waals surface area contributed by atoms with Gasteiger partial charge in [-0.3, -0.25) is 0 Å². The molecule has 1 saturated heterocycles. The summed E-state index contributed by atoms with van der Waals surface area (Å²) in [5.41, 5.74) is 1.85. The fourth-order valence-corrected chi connectivity index (χ4v) is 3.50. The minimum atomic E-state index is 0.485. The molecule has 0 N–H and O–H groups in total. The highest BCUT2D eigenvalue weighted by molar-refractivity contribution is 5.14. The quantitative estimate of drug-likeness (QED) is 0.640. The van der Waals surface area contributed by atoms with Crippen molar-refractivity contribution in [1.82, 2.24) is 4.90 Å². The van der Waals surface area contributed by atoms with Gasteiger partial charge in [0.1, 0.15) is 0 Å². The second-order valence-corrected chi connectivity index (χ2v) is 8.04. The Hall–Kier alpha value is -0.860. The highest BCUT2D eigenvalue weighted by Gasteiger charge is 2.28. The fraction of sp³-hybridized carbons (Fsp3) is 0.714. The van der Waals surface area contributed by atoms with Crippen LogP contribution < -0.4 is 0 Å². The number of likely N-dealkylation sites (tertiary alicyclic amines) is 1. The number of unbranched alkanes of at least 4 members (excludes halogenated alkanes) is 1. The van der Waals surface area contributed by atoms with Gasteiger partial charge in [0.25, 0.3) is 0 Å². The topological polar surface area (TPSA) is 12.5 Å². The summed E-state index contributed by atoms with van der Waals surface area (Å²) in [5.74, 6) is 0.903. The van der Waals surface area contributed by atoms with Gasteiger partial charge in [0, 0.05) is 6.61 Å². The second-order valence-electron chi connectivity index (χ2n) is 8.04. The van der Waals surface area contributed by atoms with Crippen LogP contribution in [0.15, 0.2) is 30.3 Å². The van der Waals surface area contributed by atoms with Crippen molar-refractivity contribution in [2.75, 3.05) is 32.8 Å². The molecule has 0 saturated carbocycles. The number of ether oxygens (including phenoxy) is 1. The van der Waals surface area contributed by atoms with Crippen LogP contribution in [-0.2, 0) is 11.2 Å². The van der Waals surface area contributed by atoms with Crippen molar-refractivity contribution < 1.29 is 4.74 Å². The van der Waals surface area contributed by atoms with Crippen LogP contribution in [0.5, 0.6) is 0 Å². The Morgan fingerprint density at radius 2 is 1.70 bits per heavy atom. The molecule has 1 aliphatic rings. The molecule has 0 aliphatic carbocycles. The second kappa shape index (κ2) is 9.44. The molecule has 0 amide bonds. The van der Waals surface area contributed by atoms with E-state index in [1.54, 1.807) is 0 Å². The number of nitrogens with zero attached hydrogens (tertiary/aromatic N) is 1. The Balaban J connectivity index is 1.46. The van der Waals surface area contributed by atoms with Crippen molar-refractivity contribution in [2.45, 2.75) is 52.9 Å². The van der Waals surface area contributed by atoms with Gasteiger partial charge in [-0.05, 0) is 68.6 Å². The molecule has 23 heavy (non-hydrogen) atoms. The predicted octanol–water partition coefficient (Wildman–Crippen LogP) is 4.78. The van der Waals surface area contributed by atoms with Gasteiger partial charge in [-0.1, -0.05) is 51.1 Å². The molecule has 130 valence electrons. The summed E-state index contributed by atoms with van der Waals surface area (Å²) in [6.07, 6.45) is 6.23. The van der Waals surface area contributed by atoms with E-state index in [-0.39, 0.29) is 0 Å². The van der Waals surface area contributed by atoms with Crippen LogP contribution in [0.3, 0.4) is 0 Å². The van der Waals surface area contributed by atoms with Crippen molar-refractivity contribution in [3.63, 3.8) is 0 Å². The molecule has 0 unspecified atom stereocenters. The smallest absolute Gasteiger partial charge is 0.0506 e. The van der Waals surface area contributed by atoms with E-state index in [2.05, 4.69) is 56.0 Å². The number of hydrogen-bond acceptors (Lipinski definition) is 2. The number of hydrogen-bond donors (Lipinski definition) is 0. The average molecular weight is 318 g/mol. The monoisotopic (exact) mass is 317 g/mol. The molecule has 2 nitrogen and oxygen atoms in total. The zero-order chi connectivity index (χ0) is 16.5. The first-order chi connectivity index (χ1) is 11.1. The molecule has 1 fully saturated rings. The van der Waals surface area contributed by atoms with E-state index in [1.807, 2.05) is 0 Å². The molecule has 0 spiro atoms. The van der Waals surface area contributed by atoms with Crippen LogP contribution in [-0.4, -0.2) is 37.7 Å². The van der Waals surface area contributed by atoms with Crippen molar-refractivity contribution >= 4 is 0 Å². The third kappa shape index (κ3) is 7.05. The third-order valence-electron chi connectivity index (χ3n) is 5.20. The van der Waals surface area contributed by atoms with Crippen LogP contribution in [0.2, 0.25) is 0 Å². The normalized spacial score (nSPS) is 17.5. The maximum atomic E-state index is 5.77. The lowest BCUT2D eigenvalue weighted by Crippen LogP contribution is -2.38. The SMILES string of the molecule is CC(C)(C)C1CCN(CCCCOCCc2ccccc2)CC1. The lowest BCUT2D eigenvalue weighted by molar-refractivity contribution is 0.103. The minimum Gasteiger partial charge on any atom is -0.381 e. The first kappa shape index (κ1) is 18.5. The van der Waals surface area contributed by atoms with Crippen molar-refractivity contribution in [3.05, 3.63) is 35.9 Å². The Morgan fingerprint density at radius 3 is 2.35 bits per heavy atom. The maximum Gasteiger partial charge on any atom is 0.0506 e. The Labute approximate surface area is 143 Å². The largest absolute Gasteiger partial charge is 0.381 e. The average Bonchev–Trinajstić information content (AvgIpc) is 2.54. The van der Waals surface area contributed by atoms with E-state index >= 15 is 0 Å². The fourth-order valence-electron chi connectivity index (χ4n) is 3.50. The van der Waals surface area contributed by atoms with Crippen LogP contribution in [0.25, 0.3) is 0 Å². The van der Waals surface area contributed by atoms with E-state index in [0.29, 0.717) is 5.41 Å². The Morgan fingerprint density at radius 1 is 1.00 bits per heavy atom. The molecule has 2 rings (SSSR count). The lowest BCUT2D eigenvalue weighted by atomic mass is 9.75. The van der Waals surface area contributed by atoms with E-state index < -0.39 is 0 Å². The third-order valence-corrected chi connectivity index (χ3v) is 5.20. The molecule has 0 radical (unpaired) electrons. The summed E-state index contributed by atoms with van der Waals surface area (Å²) >= 11 is 0. The highest BCUT2D eigenvalue weighted by atomic mass is 16.5. The zero-order valence-electron chi connectivity index (χ0n) is 15.4. The summed E-state index contributed by atoms with van der Waals surface area (Å²) in [7, 11) is 0. The number of rotatable bonds is 8. The molecule has 0 aromatic heterocycles. The Bertz CT molecular complexity index is 415. The number of piperidine rings is 1. The summed E-state index contributed by atoms with van der Waals surface area (Å²) < 4.78 is 5.77. The van der Waals surface area contributed by atoms with Gasteiger partial charge in [-0.25, -0.2) is 0 Å². The summed E-state index contributed by atoms with van der Waals surface area (Å²) in [5, 5.41) is 0. The molecular weight excluding hydrogens is 282 g/mol. The van der Waals surface area contributed by atoms with Crippen LogP contribution >= 0.6 is 0 Å². The standard InChI is InChI=1S/C21H35NO/c1-21(2,3)20-11-15-22(16-12-20)14-7-8-17-23-18-13-19-9-5-4-6-10-19/h4-6,9-10,20H,7-8,11-18H2,1-3H3. The summed E-state index contributed by atoms with van der Waals surface area (Å²) in [6, 6.07) is 10.6. The van der Waals surface area contributed by atoms with Gasteiger partial charge in [-0.2, -0.15) is 0 Å². The molecule has 0 atom stereocenters. The van der Waals surface area contributed by atoms with Crippen LogP contribution in [0.4, 0.5) is 0 Å². The molecule has 1 aromatic carbocycles. The highest BCUT2D eigenvalue weighted by Crippen LogP contribution is 2.34. The molecule has 2 heteroatoms. The van der Waals surface area contributed by atoms with Crippen molar-refractivity contribution in [1.29, 1.82) is 0 Å². The molecule has 1 aromatic rings.